The summed E-state index contributed by atoms with van der Waals surface area (Å²) in [5.41, 5.74) is 0.689. The summed E-state index contributed by atoms with van der Waals surface area (Å²) in [5, 5.41) is 2.99. The van der Waals surface area contributed by atoms with Gasteiger partial charge in [-0.05, 0) is 53.6 Å². The van der Waals surface area contributed by atoms with Crippen molar-refractivity contribution >= 4 is 34.3 Å². The van der Waals surface area contributed by atoms with Crippen molar-refractivity contribution in [2.45, 2.75) is 31.7 Å². The number of hydrogen-bond donors (Lipinski definition) is 1. The summed E-state index contributed by atoms with van der Waals surface area (Å²) in [5.74, 6) is 0.271. The van der Waals surface area contributed by atoms with Gasteiger partial charge in [0.1, 0.15) is 5.78 Å². The standard InChI is InChI=1S/C13H14INO2/c14-10-3-1-2-9(8-10)13(17)15-11-4-6-12(16)7-5-11/h1-3,8,11H,4-7H2,(H,15,17). The molecule has 1 fully saturated rings. The number of carbonyl (C=O) groups is 2. The number of nitrogens with one attached hydrogen (secondary N) is 1. The van der Waals surface area contributed by atoms with Crippen molar-refractivity contribution in [2.75, 3.05) is 0 Å². The first-order valence-corrected chi connectivity index (χ1v) is 6.81. The lowest BCUT2D eigenvalue weighted by atomic mass is 9.94. The van der Waals surface area contributed by atoms with E-state index in [0.717, 1.165) is 16.4 Å². The van der Waals surface area contributed by atoms with Gasteiger partial charge in [-0.2, -0.15) is 0 Å². The Balaban J connectivity index is 1.95. The van der Waals surface area contributed by atoms with E-state index < -0.39 is 0 Å². The molecule has 4 heteroatoms. The van der Waals surface area contributed by atoms with Crippen molar-refractivity contribution in [1.29, 1.82) is 0 Å². The Morgan fingerprint density at radius 3 is 2.65 bits per heavy atom. The fourth-order valence-electron chi connectivity index (χ4n) is 1.98. The lowest BCUT2D eigenvalue weighted by Gasteiger charge is -2.22. The predicted octanol–water partition coefficient (Wildman–Crippen LogP) is 2.53. The molecule has 0 radical (unpaired) electrons. The van der Waals surface area contributed by atoms with Crippen molar-refractivity contribution in [1.82, 2.24) is 5.32 Å². The van der Waals surface area contributed by atoms with Crippen LogP contribution in [0.25, 0.3) is 0 Å². The molecule has 1 aromatic rings. The topological polar surface area (TPSA) is 46.2 Å². The molecule has 3 nitrogen and oxygen atoms in total. The van der Waals surface area contributed by atoms with Crippen LogP contribution in [0.2, 0.25) is 0 Å². The molecule has 17 heavy (non-hydrogen) atoms. The van der Waals surface area contributed by atoms with Crippen molar-refractivity contribution in [3.05, 3.63) is 33.4 Å². The van der Waals surface area contributed by atoms with E-state index in [1.165, 1.54) is 0 Å². The van der Waals surface area contributed by atoms with Gasteiger partial charge in [0.25, 0.3) is 5.91 Å². The summed E-state index contributed by atoms with van der Waals surface area (Å²) in [6, 6.07) is 7.66. The molecule has 0 aliphatic heterocycles. The van der Waals surface area contributed by atoms with Gasteiger partial charge in [-0.25, -0.2) is 0 Å². The van der Waals surface area contributed by atoms with E-state index in [0.29, 0.717) is 24.2 Å². The Bertz CT molecular complexity index is 435. The first-order chi connectivity index (χ1) is 8.15. The maximum absolute atomic E-state index is 11.9. The van der Waals surface area contributed by atoms with E-state index in [4.69, 9.17) is 0 Å². The molecule has 0 aromatic heterocycles. The Kier molecular flexibility index (Phi) is 4.15. The van der Waals surface area contributed by atoms with Crippen molar-refractivity contribution in [3.8, 4) is 0 Å². The van der Waals surface area contributed by atoms with Gasteiger partial charge in [-0.1, -0.05) is 6.07 Å². The minimum atomic E-state index is -0.0390. The molecule has 1 amide bonds. The molecule has 0 atom stereocenters. The smallest absolute Gasteiger partial charge is 0.251 e. The summed E-state index contributed by atoms with van der Waals surface area (Å²) in [6.07, 6.45) is 2.73. The van der Waals surface area contributed by atoms with Crippen LogP contribution in [0, 0.1) is 3.57 Å². The maximum Gasteiger partial charge on any atom is 0.251 e. The fourth-order valence-corrected chi connectivity index (χ4v) is 2.53. The lowest BCUT2D eigenvalue weighted by Crippen LogP contribution is -2.37. The highest BCUT2D eigenvalue weighted by Gasteiger charge is 2.20. The monoisotopic (exact) mass is 343 g/mol. The molecule has 2 rings (SSSR count). The molecule has 1 aliphatic carbocycles. The highest BCUT2D eigenvalue weighted by molar-refractivity contribution is 14.1. The molecule has 0 spiro atoms. The number of ketones is 1. The highest BCUT2D eigenvalue weighted by Crippen LogP contribution is 2.15. The Morgan fingerprint density at radius 2 is 2.00 bits per heavy atom. The van der Waals surface area contributed by atoms with Crippen LogP contribution in [0.5, 0.6) is 0 Å². The second-order valence-electron chi connectivity index (χ2n) is 4.30. The summed E-state index contributed by atoms with van der Waals surface area (Å²) in [6.45, 7) is 0. The van der Waals surface area contributed by atoms with E-state index in [2.05, 4.69) is 27.9 Å². The van der Waals surface area contributed by atoms with Crippen LogP contribution in [0.4, 0.5) is 0 Å². The van der Waals surface area contributed by atoms with E-state index in [9.17, 15) is 9.59 Å². The molecule has 0 bridgehead atoms. The average molecular weight is 343 g/mol. The molecule has 1 N–H and O–H groups in total. The zero-order valence-corrected chi connectivity index (χ0v) is 11.6. The summed E-state index contributed by atoms with van der Waals surface area (Å²) >= 11 is 2.19. The molecule has 0 heterocycles. The Labute approximate surface area is 114 Å². The summed E-state index contributed by atoms with van der Waals surface area (Å²) in [7, 11) is 0. The lowest BCUT2D eigenvalue weighted by molar-refractivity contribution is -0.120. The van der Waals surface area contributed by atoms with Gasteiger partial charge < -0.3 is 5.32 Å². The van der Waals surface area contributed by atoms with Crippen LogP contribution in [0.15, 0.2) is 24.3 Å². The van der Waals surface area contributed by atoms with Gasteiger partial charge in [-0.15, -0.1) is 0 Å². The minimum absolute atomic E-state index is 0.0390. The second kappa shape index (κ2) is 5.62. The minimum Gasteiger partial charge on any atom is -0.349 e. The van der Waals surface area contributed by atoms with Crippen LogP contribution in [-0.4, -0.2) is 17.7 Å². The molecule has 1 saturated carbocycles. The SMILES string of the molecule is O=C1CCC(NC(=O)c2cccc(I)c2)CC1. The quantitative estimate of drug-likeness (QED) is 0.839. The zero-order chi connectivity index (χ0) is 12.3. The third kappa shape index (κ3) is 3.52. The van der Waals surface area contributed by atoms with Crippen LogP contribution in [0.3, 0.4) is 0 Å². The molecule has 0 saturated heterocycles. The van der Waals surface area contributed by atoms with Crippen LogP contribution < -0.4 is 5.32 Å². The maximum atomic E-state index is 11.9. The number of carbonyl (C=O) groups excluding carboxylic acids is 2. The molecular formula is C13H14INO2. The number of benzene rings is 1. The molecule has 0 unspecified atom stereocenters. The van der Waals surface area contributed by atoms with Crippen molar-refractivity contribution in [2.24, 2.45) is 0 Å². The summed E-state index contributed by atoms with van der Waals surface area (Å²) < 4.78 is 1.05. The number of Topliss-reactive ketones (excluding diaryl/α,β-unsaturated/α-hetero) is 1. The van der Waals surface area contributed by atoms with Gasteiger partial charge in [-0.3, -0.25) is 9.59 Å². The first kappa shape index (κ1) is 12.5. The molecule has 1 aliphatic rings. The van der Waals surface area contributed by atoms with E-state index >= 15 is 0 Å². The van der Waals surface area contributed by atoms with Gasteiger partial charge in [0.05, 0.1) is 0 Å². The van der Waals surface area contributed by atoms with Crippen molar-refractivity contribution in [3.63, 3.8) is 0 Å². The van der Waals surface area contributed by atoms with E-state index in [1.54, 1.807) is 0 Å². The number of rotatable bonds is 2. The van der Waals surface area contributed by atoms with Gasteiger partial charge in [0.15, 0.2) is 0 Å². The second-order valence-corrected chi connectivity index (χ2v) is 5.54. The number of amides is 1. The van der Waals surface area contributed by atoms with E-state index in [1.807, 2.05) is 24.3 Å². The van der Waals surface area contributed by atoms with Gasteiger partial charge >= 0.3 is 0 Å². The fraction of sp³-hybridized carbons (Fsp3) is 0.385. The van der Waals surface area contributed by atoms with Gasteiger partial charge in [0, 0.05) is 28.0 Å². The average Bonchev–Trinajstić information content (AvgIpc) is 2.32. The van der Waals surface area contributed by atoms with Crippen LogP contribution >= 0.6 is 22.6 Å². The van der Waals surface area contributed by atoms with Crippen LogP contribution in [-0.2, 0) is 4.79 Å². The summed E-state index contributed by atoms with van der Waals surface area (Å²) in [4.78, 5) is 23.0. The Hall–Kier alpha value is -0.910. The third-order valence-electron chi connectivity index (χ3n) is 2.97. The normalized spacial score (nSPS) is 16.9. The molecular weight excluding hydrogens is 329 g/mol. The zero-order valence-electron chi connectivity index (χ0n) is 9.41. The highest BCUT2D eigenvalue weighted by atomic mass is 127. The Morgan fingerprint density at radius 1 is 1.29 bits per heavy atom. The molecule has 90 valence electrons. The molecule has 1 aromatic carbocycles. The van der Waals surface area contributed by atoms with E-state index in [-0.39, 0.29) is 11.9 Å². The number of halogens is 1. The van der Waals surface area contributed by atoms with Crippen LogP contribution in [0.1, 0.15) is 36.0 Å². The van der Waals surface area contributed by atoms with Gasteiger partial charge in [0.2, 0.25) is 0 Å². The van der Waals surface area contributed by atoms with Crippen molar-refractivity contribution < 1.29 is 9.59 Å². The third-order valence-corrected chi connectivity index (χ3v) is 3.64. The largest absolute Gasteiger partial charge is 0.349 e. The number of hydrogen-bond acceptors (Lipinski definition) is 2. The first-order valence-electron chi connectivity index (χ1n) is 5.73. The predicted molar refractivity (Wildman–Crippen MR) is 73.9 cm³/mol.